The summed E-state index contributed by atoms with van der Waals surface area (Å²) < 4.78 is 12.6. The van der Waals surface area contributed by atoms with Crippen molar-refractivity contribution >= 4 is 29.0 Å². The fourth-order valence-electron chi connectivity index (χ4n) is 2.95. The standard InChI is InChI=1S/C22H17ClN4O5/c23-17-6-2-1-5-15(17)13-26-12-11-21(25-26)24-22(28)20-10-9-16(32-20)14-31-19-8-4-3-7-18(19)27(29)30/h1-12H,13-14H2,(H,24,25,28). The first kappa shape index (κ1) is 21.1. The van der Waals surface area contributed by atoms with Gasteiger partial charge in [0.05, 0.1) is 11.5 Å². The maximum absolute atomic E-state index is 12.5. The number of amides is 1. The van der Waals surface area contributed by atoms with Crippen molar-refractivity contribution in [2.75, 3.05) is 5.32 Å². The third kappa shape index (κ3) is 4.96. The number of nitro benzene ring substituents is 1. The molecule has 0 saturated carbocycles. The summed E-state index contributed by atoms with van der Waals surface area (Å²) in [5.41, 5.74) is 0.758. The molecule has 4 aromatic rings. The zero-order chi connectivity index (χ0) is 22.5. The molecule has 0 radical (unpaired) electrons. The predicted molar refractivity (Wildman–Crippen MR) is 117 cm³/mol. The third-order valence-corrected chi connectivity index (χ3v) is 4.86. The minimum Gasteiger partial charge on any atom is -0.479 e. The number of hydrogen-bond donors (Lipinski definition) is 1. The van der Waals surface area contributed by atoms with Crippen LogP contribution in [0.4, 0.5) is 11.5 Å². The highest BCUT2D eigenvalue weighted by Crippen LogP contribution is 2.27. The van der Waals surface area contributed by atoms with Crippen molar-refractivity contribution in [1.82, 2.24) is 9.78 Å². The quantitative estimate of drug-likeness (QED) is 0.300. The summed E-state index contributed by atoms with van der Waals surface area (Å²) in [6.45, 7) is 0.397. The number of benzene rings is 2. The summed E-state index contributed by atoms with van der Waals surface area (Å²) in [5.74, 6) is 0.398. The van der Waals surface area contributed by atoms with Crippen molar-refractivity contribution in [3.8, 4) is 5.75 Å². The van der Waals surface area contributed by atoms with Gasteiger partial charge in [-0.1, -0.05) is 41.9 Å². The van der Waals surface area contributed by atoms with E-state index in [-0.39, 0.29) is 23.8 Å². The first-order valence-electron chi connectivity index (χ1n) is 9.53. The van der Waals surface area contributed by atoms with E-state index in [1.807, 2.05) is 18.2 Å². The Morgan fingerprint density at radius 1 is 1.12 bits per heavy atom. The van der Waals surface area contributed by atoms with Crippen molar-refractivity contribution in [3.05, 3.63) is 105 Å². The lowest BCUT2D eigenvalue weighted by Crippen LogP contribution is -2.12. The van der Waals surface area contributed by atoms with Crippen LogP contribution in [-0.4, -0.2) is 20.6 Å². The summed E-state index contributed by atoms with van der Waals surface area (Å²) in [5, 5.41) is 18.7. The van der Waals surface area contributed by atoms with Gasteiger partial charge in [0.2, 0.25) is 0 Å². The number of halogens is 1. The summed E-state index contributed by atoms with van der Waals surface area (Å²) in [6.07, 6.45) is 1.73. The molecular formula is C22H17ClN4O5. The monoisotopic (exact) mass is 452 g/mol. The molecular weight excluding hydrogens is 436 g/mol. The van der Waals surface area contributed by atoms with Crippen molar-refractivity contribution in [1.29, 1.82) is 0 Å². The molecule has 0 aliphatic heterocycles. The molecule has 4 rings (SSSR count). The van der Waals surface area contributed by atoms with Gasteiger partial charge in [-0.15, -0.1) is 0 Å². The van der Waals surface area contributed by atoms with Crippen molar-refractivity contribution in [3.63, 3.8) is 0 Å². The van der Waals surface area contributed by atoms with Crippen LogP contribution in [-0.2, 0) is 13.2 Å². The van der Waals surface area contributed by atoms with Gasteiger partial charge >= 0.3 is 5.69 Å². The maximum atomic E-state index is 12.5. The first-order chi connectivity index (χ1) is 15.5. The molecule has 2 aromatic carbocycles. The lowest BCUT2D eigenvalue weighted by Gasteiger charge is -2.05. The second kappa shape index (κ2) is 9.36. The number of aromatic nitrogens is 2. The van der Waals surface area contributed by atoms with Crippen LogP contribution in [0, 0.1) is 10.1 Å². The van der Waals surface area contributed by atoms with E-state index in [0.29, 0.717) is 23.1 Å². The third-order valence-electron chi connectivity index (χ3n) is 4.49. The second-order valence-corrected chi connectivity index (χ2v) is 7.13. The molecule has 1 amide bonds. The Hall–Kier alpha value is -4.11. The summed E-state index contributed by atoms with van der Waals surface area (Å²) in [6, 6.07) is 18.2. The predicted octanol–water partition coefficient (Wildman–Crippen LogP) is 4.92. The van der Waals surface area contributed by atoms with E-state index in [9.17, 15) is 14.9 Å². The first-order valence-corrected chi connectivity index (χ1v) is 9.90. The fourth-order valence-corrected chi connectivity index (χ4v) is 3.15. The van der Waals surface area contributed by atoms with Gasteiger partial charge in [0.1, 0.15) is 12.4 Å². The number of furan rings is 1. The molecule has 1 N–H and O–H groups in total. The van der Waals surface area contributed by atoms with Crippen LogP contribution in [0.15, 0.2) is 77.3 Å². The van der Waals surface area contributed by atoms with Crippen LogP contribution < -0.4 is 10.1 Å². The van der Waals surface area contributed by atoms with Crippen LogP contribution in [0.3, 0.4) is 0 Å². The minimum absolute atomic E-state index is 0.0619. The van der Waals surface area contributed by atoms with Gasteiger partial charge < -0.3 is 14.5 Å². The number of carbonyl (C=O) groups is 1. The second-order valence-electron chi connectivity index (χ2n) is 6.72. The Labute approximate surface area is 187 Å². The molecule has 0 saturated heterocycles. The highest BCUT2D eigenvalue weighted by Gasteiger charge is 2.16. The average Bonchev–Trinajstić information content (AvgIpc) is 3.44. The van der Waals surface area contributed by atoms with Gasteiger partial charge in [0.15, 0.2) is 17.3 Å². The molecule has 9 nitrogen and oxygen atoms in total. The number of hydrogen-bond acceptors (Lipinski definition) is 6. The van der Waals surface area contributed by atoms with E-state index in [0.717, 1.165) is 5.56 Å². The lowest BCUT2D eigenvalue weighted by molar-refractivity contribution is -0.386. The molecule has 162 valence electrons. The molecule has 2 aromatic heterocycles. The van der Waals surface area contributed by atoms with E-state index < -0.39 is 10.8 Å². The summed E-state index contributed by atoms with van der Waals surface area (Å²) >= 11 is 6.17. The van der Waals surface area contributed by atoms with Crippen molar-refractivity contribution in [2.24, 2.45) is 0 Å². The number of ether oxygens (including phenoxy) is 1. The lowest BCUT2D eigenvalue weighted by atomic mass is 10.2. The molecule has 2 heterocycles. The number of para-hydroxylation sites is 2. The Morgan fingerprint density at radius 3 is 2.72 bits per heavy atom. The van der Waals surface area contributed by atoms with E-state index in [4.69, 9.17) is 20.8 Å². The summed E-state index contributed by atoms with van der Waals surface area (Å²) in [4.78, 5) is 23.0. The number of rotatable bonds is 8. The molecule has 0 spiro atoms. The Bertz CT molecular complexity index is 1270. The minimum atomic E-state index is -0.527. The number of nitro groups is 1. The van der Waals surface area contributed by atoms with E-state index in [2.05, 4.69) is 10.4 Å². The number of nitrogens with zero attached hydrogens (tertiary/aromatic N) is 3. The van der Waals surface area contributed by atoms with Crippen LogP contribution in [0.2, 0.25) is 5.02 Å². The maximum Gasteiger partial charge on any atom is 0.310 e. The zero-order valence-electron chi connectivity index (χ0n) is 16.6. The molecule has 32 heavy (non-hydrogen) atoms. The van der Waals surface area contributed by atoms with Gasteiger partial charge in [0, 0.05) is 23.4 Å². The molecule has 0 aliphatic rings. The number of carbonyl (C=O) groups excluding carboxylic acids is 1. The summed E-state index contributed by atoms with van der Waals surface area (Å²) in [7, 11) is 0. The van der Waals surface area contributed by atoms with E-state index in [1.54, 1.807) is 41.2 Å². The van der Waals surface area contributed by atoms with Crippen LogP contribution >= 0.6 is 11.6 Å². The topological polar surface area (TPSA) is 112 Å². The normalized spacial score (nSPS) is 10.7. The smallest absolute Gasteiger partial charge is 0.310 e. The van der Waals surface area contributed by atoms with Crippen molar-refractivity contribution < 1.29 is 18.9 Å². The molecule has 0 atom stereocenters. The van der Waals surface area contributed by atoms with Crippen LogP contribution in [0.25, 0.3) is 0 Å². The van der Waals surface area contributed by atoms with E-state index in [1.165, 1.54) is 18.2 Å². The van der Waals surface area contributed by atoms with Crippen LogP contribution in [0.5, 0.6) is 5.75 Å². The highest BCUT2D eigenvalue weighted by molar-refractivity contribution is 6.31. The Balaban J connectivity index is 1.36. The Kier molecular flexibility index (Phi) is 6.18. The molecule has 10 heteroatoms. The van der Waals surface area contributed by atoms with Crippen LogP contribution in [0.1, 0.15) is 21.9 Å². The number of anilines is 1. The van der Waals surface area contributed by atoms with Gasteiger partial charge in [-0.05, 0) is 29.8 Å². The Morgan fingerprint density at radius 2 is 1.91 bits per heavy atom. The molecule has 0 unspecified atom stereocenters. The largest absolute Gasteiger partial charge is 0.479 e. The SMILES string of the molecule is O=C(Nc1ccn(Cc2ccccc2Cl)n1)c1ccc(COc2ccccc2[N+](=O)[O-])o1. The zero-order valence-corrected chi connectivity index (χ0v) is 17.4. The van der Waals surface area contributed by atoms with Gasteiger partial charge in [-0.3, -0.25) is 19.6 Å². The van der Waals surface area contributed by atoms with Gasteiger partial charge in [-0.25, -0.2) is 0 Å². The van der Waals surface area contributed by atoms with Gasteiger partial charge in [-0.2, -0.15) is 5.10 Å². The fraction of sp³-hybridized carbons (Fsp3) is 0.0909. The highest BCUT2D eigenvalue weighted by atomic mass is 35.5. The average molecular weight is 453 g/mol. The molecule has 0 fully saturated rings. The number of nitrogens with one attached hydrogen (secondary N) is 1. The van der Waals surface area contributed by atoms with Gasteiger partial charge in [0.25, 0.3) is 5.91 Å². The van der Waals surface area contributed by atoms with E-state index >= 15 is 0 Å². The molecule has 0 bridgehead atoms. The van der Waals surface area contributed by atoms with Crippen molar-refractivity contribution in [2.45, 2.75) is 13.2 Å². The molecule has 0 aliphatic carbocycles.